The number of aromatic amines is 1. The van der Waals surface area contributed by atoms with E-state index in [4.69, 9.17) is 4.74 Å². The van der Waals surface area contributed by atoms with E-state index in [2.05, 4.69) is 25.8 Å². The first-order chi connectivity index (χ1) is 9.79. The van der Waals surface area contributed by atoms with Crippen molar-refractivity contribution in [2.75, 3.05) is 26.2 Å². The standard InChI is InChI=1S/C13H23N5O2/c1-2-11-16-12(18-17-11)13(19)15-6-3-9-20-10-4-7-14-8-5-10/h10,14H,2-9H2,1H3,(H,15,19)(H,16,17,18). The third kappa shape index (κ3) is 4.57. The predicted octanol–water partition coefficient (Wildman–Crippen LogP) is 0.256. The molecule has 0 aliphatic carbocycles. The number of piperidine rings is 1. The molecule has 0 atom stereocenters. The van der Waals surface area contributed by atoms with E-state index in [9.17, 15) is 4.79 Å². The molecule has 1 fully saturated rings. The van der Waals surface area contributed by atoms with Crippen LogP contribution in [0.3, 0.4) is 0 Å². The first-order valence-corrected chi connectivity index (χ1v) is 7.31. The molecule has 1 aliphatic heterocycles. The molecule has 0 aromatic carbocycles. The van der Waals surface area contributed by atoms with Crippen LogP contribution in [0.2, 0.25) is 0 Å². The van der Waals surface area contributed by atoms with Crippen LogP contribution in [0.1, 0.15) is 42.6 Å². The number of amides is 1. The maximum absolute atomic E-state index is 11.7. The highest BCUT2D eigenvalue weighted by atomic mass is 16.5. The average Bonchev–Trinajstić information content (AvgIpc) is 2.97. The monoisotopic (exact) mass is 281 g/mol. The topological polar surface area (TPSA) is 91.9 Å². The Labute approximate surface area is 118 Å². The van der Waals surface area contributed by atoms with Gasteiger partial charge in [0.15, 0.2) is 0 Å². The lowest BCUT2D eigenvalue weighted by atomic mass is 10.1. The molecule has 0 bridgehead atoms. The fraction of sp³-hybridized carbons (Fsp3) is 0.769. The van der Waals surface area contributed by atoms with Gasteiger partial charge in [-0.15, -0.1) is 5.10 Å². The minimum absolute atomic E-state index is 0.209. The van der Waals surface area contributed by atoms with Gasteiger partial charge in [-0.25, -0.2) is 4.98 Å². The van der Waals surface area contributed by atoms with Crippen molar-refractivity contribution in [2.24, 2.45) is 0 Å². The number of ether oxygens (including phenoxy) is 1. The summed E-state index contributed by atoms with van der Waals surface area (Å²) in [5.41, 5.74) is 0. The van der Waals surface area contributed by atoms with Crippen LogP contribution in [0.25, 0.3) is 0 Å². The number of nitrogens with zero attached hydrogens (tertiary/aromatic N) is 2. The summed E-state index contributed by atoms with van der Waals surface area (Å²) in [5, 5.41) is 12.7. The molecule has 0 spiro atoms. The van der Waals surface area contributed by atoms with E-state index < -0.39 is 0 Å². The Morgan fingerprint density at radius 3 is 2.95 bits per heavy atom. The third-order valence-electron chi connectivity index (χ3n) is 3.32. The van der Waals surface area contributed by atoms with Gasteiger partial charge in [0, 0.05) is 19.6 Å². The highest BCUT2D eigenvalue weighted by Gasteiger charge is 2.13. The molecule has 1 saturated heterocycles. The normalized spacial score (nSPS) is 16.2. The second-order valence-corrected chi connectivity index (χ2v) is 4.89. The van der Waals surface area contributed by atoms with Gasteiger partial charge in [0.25, 0.3) is 5.91 Å². The number of hydrogen-bond donors (Lipinski definition) is 3. The molecule has 2 rings (SSSR count). The highest BCUT2D eigenvalue weighted by molar-refractivity contribution is 5.90. The van der Waals surface area contributed by atoms with Crippen LogP contribution < -0.4 is 10.6 Å². The molecule has 0 radical (unpaired) electrons. The number of aromatic nitrogens is 3. The Balaban J connectivity index is 1.57. The summed E-state index contributed by atoms with van der Waals surface area (Å²) in [6.07, 6.45) is 4.06. The minimum atomic E-state index is -0.234. The lowest BCUT2D eigenvalue weighted by Gasteiger charge is -2.22. The zero-order valence-corrected chi connectivity index (χ0v) is 11.9. The van der Waals surface area contributed by atoms with Crippen molar-refractivity contribution in [3.05, 3.63) is 11.6 Å². The first-order valence-electron chi connectivity index (χ1n) is 7.31. The molecule has 3 N–H and O–H groups in total. The Hall–Kier alpha value is -1.47. The van der Waals surface area contributed by atoms with Gasteiger partial charge in [-0.3, -0.25) is 9.89 Å². The van der Waals surface area contributed by atoms with Gasteiger partial charge in [0.1, 0.15) is 5.82 Å². The van der Waals surface area contributed by atoms with Crippen molar-refractivity contribution in [3.8, 4) is 0 Å². The number of rotatable bonds is 7. The van der Waals surface area contributed by atoms with Gasteiger partial charge in [0.2, 0.25) is 5.82 Å². The quantitative estimate of drug-likeness (QED) is 0.623. The second-order valence-electron chi connectivity index (χ2n) is 4.89. The Bertz CT molecular complexity index is 415. The van der Waals surface area contributed by atoms with Crippen LogP contribution in [0.5, 0.6) is 0 Å². The largest absolute Gasteiger partial charge is 0.378 e. The number of carbonyl (C=O) groups excluding carboxylic acids is 1. The van der Waals surface area contributed by atoms with Gasteiger partial charge in [-0.2, -0.15) is 0 Å². The summed E-state index contributed by atoms with van der Waals surface area (Å²) in [6.45, 7) is 5.29. The summed E-state index contributed by atoms with van der Waals surface area (Å²) < 4.78 is 5.76. The maximum Gasteiger partial charge on any atom is 0.290 e. The lowest BCUT2D eigenvalue weighted by molar-refractivity contribution is 0.0317. The number of carbonyl (C=O) groups is 1. The predicted molar refractivity (Wildman–Crippen MR) is 74.6 cm³/mol. The Morgan fingerprint density at radius 2 is 2.25 bits per heavy atom. The van der Waals surface area contributed by atoms with Gasteiger partial charge in [-0.1, -0.05) is 6.92 Å². The maximum atomic E-state index is 11.7. The molecule has 0 saturated carbocycles. The summed E-state index contributed by atoms with van der Waals surface area (Å²) in [4.78, 5) is 15.8. The van der Waals surface area contributed by atoms with Crippen LogP contribution in [-0.4, -0.2) is 53.4 Å². The van der Waals surface area contributed by atoms with E-state index in [1.54, 1.807) is 0 Å². The molecule has 112 valence electrons. The van der Waals surface area contributed by atoms with Crippen LogP contribution in [0.4, 0.5) is 0 Å². The summed E-state index contributed by atoms with van der Waals surface area (Å²) >= 11 is 0. The lowest BCUT2D eigenvalue weighted by Crippen LogP contribution is -2.33. The summed E-state index contributed by atoms with van der Waals surface area (Å²) in [7, 11) is 0. The van der Waals surface area contributed by atoms with Crippen molar-refractivity contribution in [2.45, 2.75) is 38.7 Å². The molecule has 2 heterocycles. The van der Waals surface area contributed by atoms with Crippen molar-refractivity contribution in [3.63, 3.8) is 0 Å². The third-order valence-corrected chi connectivity index (χ3v) is 3.32. The molecule has 1 aromatic heterocycles. The molecule has 1 aliphatic rings. The Morgan fingerprint density at radius 1 is 1.45 bits per heavy atom. The van der Waals surface area contributed by atoms with E-state index in [0.717, 1.165) is 44.6 Å². The van der Waals surface area contributed by atoms with E-state index >= 15 is 0 Å². The smallest absolute Gasteiger partial charge is 0.290 e. The van der Waals surface area contributed by atoms with Crippen molar-refractivity contribution < 1.29 is 9.53 Å². The Kier molecular flexibility index (Phi) is 5.94. The van der Waals surface area contributed by atoms with Gasteiger partial charge < -0.3 is 15.4 Å². The molecule has 20 heavy (non-hydrogen) atoms. The van der Waals surface area contributed by atoms with E-state index in [1.165, 1.54) is 0 Å². The molecular weight excluding hydrogens is 258 g/mol. The van der Waals surface area contributed by atoms with Gasteiger partial charge in [0.05, 0.1) is 6.10 Å². The number of aryl methyl sites for hydroxylation is 1. The van der Waals surface area contributed by atoms with Crippen LogP contribution in [-0.2, 0) is 11.2 Å². The molecule has 7 nitrogen and oxygen atoms in total. The SMILES string of the molecule is CCc1nc(C(=O)NCCCOC2CCNCC2)n[nH]1. The molecule has 0 unspecified atom stereocenters. The van der Waals surface area contributed by atoms with Crippen molar-refractivity contribution in [1.29, 1.82) is 0 Å². The van der Waals surface area contributed by atoms with Gasteiger partial charge in [-0.05, 0) is 32.4 Å². The van der Waals surface area contributed by atoms with Crippen molar-refractivity contribution in [1.82, 2.24) is 25.8 Å². The van der Waals surface area contributed by atoms with Crippen LogP contribution in [0.15, 0.2) is 0 Å². The molecule has 7 heteroatoms. The highest BCUT2D eigenvalue weighted by Crippen LogP contribution is 2.07. The number of H-pyrrole nitrogens is 1. The van der Waals surface area contributed by atoms with Gasteiger partial charge >= 0.3 is 0 Å². The molecule has 1 amide bonds. The zero-order chi connectivity index (χ0) is 14.2. The van der Waals surface area contributed by atoms with E-state index in [-0.39, 0.29) is 11.7 Å². The average molecular weight is 281 g/mol. The summed E-state index contributed by atoms with van der Waals surface area (Å²) in [6, 6.07) is 0. The number of nitrogens with one attached hydrogen (secondary N) is 3. The van der Waals surface area contributed by atoms with Crippen molar-refractivity contribution >= 4 is 5.91 Å². The van der Waals surface area contributed by atoms with Crippen LogP contribution in [0, 0.1) is 0 Å². The fourth-order valence-corrected chi connectivity index (χ4v) is 2.12. The van der Waals surface area contributed by atoms with E-state index in [1.807, 2.05) is 6.92 Å². The van der Waals surface area contributed by atoms with Crippen LogP contribution >= 0.6 is 0 Å². The first kappa shape index (κ1) is 14.9. The molecule has 1 aromatic rings. The fourth-order valence-electron chi connectivity index (χ4n) is 2.12. The summed E-state index contributed by atoms with van der Waals surface area (Å²) in [5.74, 6) is 0.702. The zero-order valence-electron chi connectivity index (χ0n) is 11.9. The van der Waals surface area contributed by atoms with E-state index in [0.29, 0.717) is 19.3 Å². The second kappa shape index (κ2) is 7.96. The minimum Gasteiger partial charge on any atom is -0.378 e. The molecular formula is C13H23N5O2. The number of hydrogen-bond acceptors (Lipinski definition) is 5.